The average molecular weight is 539 g/mol. The van der Waals surface area contributed by atoms with Crippen LogP contribution in [0.3, 0.4) is 0 Å². The zero-order valence-corrected chi connectivity index (χ0v) is 21.9. The van der Waals surface area contributed by atoms with Crippen LogP contribution < -0.4 is 9.62 Å². The van der Waals surface area contributed by atoms with Gasteiger partial charge in [-0.15, -0.1) is 0 Å². The monoisotopic (exact) mass is 537 g/mol. The molecule has 0 bridgehead atoms. The third-order valence-electron chi connectivity index (χ3n) is 5.20. The third-order valence-corrected chi connectivity index (χ3v) is 6.89. The first kappa shape index (κ1) is 26.9. The van der Waals surface area contributed by atoms with Crippen LogP contribution in [0.25, 0.3) is 0 Å². The molecular weight excluding hydrogens is 506 g/mol. The van der Waals surface area contributed by atoms with E-state index in [-0.39, 0.29) is 31.3 Å². The Kier molecular flexibility index (Phi) is 9.91. The number of hydrogen-bond donors (Lipinski definition) is 1. The largest absolute Gasteiger partial charge is 0.355 e. The van der Waals surface area contributed by atoms with E-state index in [1.54, 1.807) is 24.0 Å². The summed E-state index contributed by atoms with van der Waals surface area (Å²) in [7, 11) is -3.50. The van der Waals surface area contributed by atoms with Crippen molar-refractivity contribution in [2.24, 2.45) is 0 Å². The summed E-state index contributed by atoms with van der Waals surface area (Å²) in [5.41, 5.74) is 2.42. The average Bonchev–Trinajstić information content (AvgIpc) is 2.73. The first-order valence-corrected chi connectivity index (χ1v) is 13.5. The summed E-state index contributed by atoms with van der Waals surface area (Å²) in [6.07, 6.45) is 1.61. The van der Waals surface area contributed by atoms with Gasteiger partial charge in [0.15, 0.2) is 0 Å². The molecule has 0 aromatic heterocycles. The van der Waals surface area contributed by atoms with Crippen molar-refractivity contribution in [1.82, 2.24) is 10.2 Å². The number of rotatable bonds is 11. The number of hydrogen-bond acceptors (Lipinski definition) is 4. The zero-order chi connectivity index (χ0) is 24.6. The van der Waals surface area contributed by atoms with Crippen molar-refractivity contribution in [3.8, 4) is 0 Å². The van der Waals surface area contributed by atoms with Crippen LogP contribution in [0.4, 0.5) is 5.69 Å². The van der Waals surface area contributed by atoms with Gasteiger partial charge in [0.05, 0.1) is 11.9 Å². The summed E-state index contributed by atoms with van der Waals surface area (Å²) in [5.74, 6) is -0.426. The Morgan fingerprint density at radius 1 is 1.12 bits per heavy atom. The minimum atomic E-state index is -3.50. The molecule has 0 fully saturated rings. The summed E-state index contributed by atoms with van der Waals surface area (Å²) in [4.78, 5) is 27.2. The second kappa shape index (κ2) is 12.2. The van der Waals surface area contributed by atoms with Gasteiger partial charge in [-0.2, -0.15) is 0 Å². The first-order valence-electron chi connectivity index (χ1n) is 10.9. The highest BCUT2D eigenvalue weighted by molar-refractivity contribution is 9.10. The zero-order valence-electron chi connectivity index (χ0n) is 19.5. The maximum absolute atomic E-state index is 13.2. The molecular formula is C24H32BrN3O4S. The maximum atomic E-state index is 13.2. The number of sulfonamides is 1. The van der Waals surface area contributed by atoms with Crippen molar-refractivity contribution in [3.63, 3.8) is 0 Å². The van der Waals surface area contributed by atoms with Gasteiger partial charge in [-0.25, -0.2) is 8.42 Å². The molecule has 0 heterocycles. The third kappa shape index (κ3) is 8.16. The second-order valence-electron chi connectivity index (χ2n) is 8.00. The normalized spacial score (nSPS) is 12.2. The summed E-state index contributed by atoms with van der Waals surface area (Å²) >= 11 is 3.44. The minimum Gasteiger partial charge on any atom is -0.355 e. The number of likely N-dealkylation sites (N-methyl/N-ethyl adjacent to an activating group) is 1. The number of carbonyl (C=O) groups excluding carboxylic acids is 2. The lowest BCUT2D eigenvalue weighted by molar-refractivity contribution is -0.140. The molecule has 0 aliphatic heterocycles. The standard InChI is InChI=1S/C24H32BrN3O4S/c1-5-26-24(30)19(3)27(17-20-10-7-11-21(25)16-20)23(29)13-8-14-28(33(4,31)32)22-12-6-9-18(2)15-22/h6-7,9-12,15-16,19H,5,8,13-14,17H2,1-4H3,(H,26,30)/t19-/m0/s1. The van der Waals surface area contributed by atoms with Gasteiger partial charge in [-0.3, -0.25) is 13.9 Å². The number of nitrogens with one attached hydrogen (secondary N) is 1. The number of amides is 2. The van der Waals surface area contributed by atoms with Crippen molar-refractivity contribution in [2.45, 2.75) is 46.2 Å². The van der Waals surface area contributed by atoms with Crippen LogP contribution in [0.15, 0.2) is 53.0 Å². The minimum absolute atomic E-state index is 0.121. The molecule has 2 amide bonds. The lowest BCUT2D eigenvalue weighted by Crippen LogP contribution is -2.47. The van der Waals surface area contributed by atoms with Crippen molar-refractivity contribution >= 4 is 43.5 Å². The smallest absolute Gasteiger partial charge is 0.242 e. The molecule has 9 heteroatoms. The van der Waals surface area contributed by atoms with Crippen LogP contribution in [0.1, 0.15) is 37.8 Å². The number of benzene rings is 2. The predicted octanol–water partition coefficient (Wildman–Crippen LogP) is 3.86. The van der Waals surface area contributed by atoms with E-state index in [0.717, 1.165) is 21.9 Å². The highest BCUT2D eigenvalue weighted by Gasteiger charge is 2.26. The van der Waals surface area contributed by atoms with Gasteiger partial charge in [0.1, 0.15) is 6.04 Å². The highest BCUT2D eigenvalue weighted by atomic mass is 79.9. The van der Waals surface area contributed by atoms with Gasteiger partial charge >= 0.3 is 0 Å². The molecule has 33 heavy (non-hydrogen) atoms. The molecule has 2 aromatic carbocycles. The van der Waals surface area contributed by atoms with E-state index in [0.29, 0.717) is 18.7 Å². The molecule has 0 aliphatic rings. The van der Waals surface area contributed by atoms with E-state index in [9.17, 15) is 18.0 Å². The Bertz CT molecular complexity index is 1070. The molecule has 1 N–H and O–H groups in total. The number of nitrogens with zero attached hydrogens (tertiary/aromatic N) is 2. The van der Waals surface area contributed by atoms with E-state index >= 15 is 0 Å². The Morgan fingerprint density at radius 2 is 1.82 bits per heavy atom. The Morgan fingerprint density at radius 3 is 2.42 bits per heavy atom. The number of halogens is 1. The van der Waals surface area contributed by atoms with Gasteiger partial charge < -0.3 is 10.2 Å². The van der Waals surface area contributed by atoms with Gasteiger partial charge in [0.2, 0.25) is 21.8 Å². The summed E-state index contributed by atoms with van der Waals surface area (Å²) in [5, 5.41) is 2.77. The molecule has 2 rings (SSSR count). The van der Waals surface area contributed by atoms with Crippen LogP contribution in [0, 0.1) is 6.92 Å². The van der Waals surface area contributed by atoms with E-state index in [2.05, 4.69) is 21.2 Å². The molecule has 7 nitrogen and oxygen atoms in total. The van der Waals surface area contributed by atoms with Crippen molar-refractivity contribution in [3.05, 3.63) is 64.1 Å². The Labute approximate surface area is 205 Å². The molecule has 0 saturated heterocycles. The van der Waals surface area contributed by atoms with Crippen molar-refractivity contribution in [2.75, 3.05) is 23.7 Å². The van der Waals surface area contributed by atoms with E-state index in [1.807, 2.05) is 50.2 Å². The molecule has 180 valence electrons. The van der Waals surface area contributed by atoms with Crippen molar-refractivity contribution in [1.29, 1.82) is 0 Å². The lowest BCUT2D eigenvalue weighted by Gasteiger charge is -2.29. The fourth-order valence-corrected chi connectivity index (χ4v) is 4.93. The Hall–Kier alpha value is -2.39. The first-order chi connectivity index (χ1) is 15.5. The van der Waals surface area contributed by atoms with Crippen LogP contribution in [-0.2, 0) is 26.2 Å². The fraction of sp³-hybridized carbons (Fsp3) is 0.417. The Balaban J connectivity index is 2.15. The quantitative estimate of drug-likeness (QED) is 0.471. The van der Waals surface area contributed by atoms with E-state index < -0.39 is 16.1 Å². The topological polar surface area (TPSA) is 86.8 Å². The number of anilines is 1. The van der Waals surface area contributed by atoms with Gasteiger partial charge in [0, 0.05) is 30.5 Å². The lowest BCUT2D eigenvalue weighted by atomic mass is 10.1. The number of carbonyl (C=O) groups is 2. The summed E-state index contributed by atoms with van der Waals surface area (Å²) in [6, 6.07) is 14.2. The maximum Gasteiger partial charge on any atom is 0.242 e. The van der Waals surface area contributed by atoms with Crippen LogP contribution in [0.5, 0.6) is 0 Å². The molecule has 2 aromatic rings. The van der Waals surface area contributed by atoms with Crippen LogP contribution in [-0.4, -0.2) is 50.5 Å². The van der Waals surface area contributed by atoms with Crippen LogP contribution in [0.2, 0.25) is 0 Å². The number of aryl methyl sites for hydroxylation is 1. The van der Waals surface area contributed by atoms with E-state index in [4.69, 9.17) is 0 Å². The molecule has 0 unspecified atom stereocenters. The van der Waals surface area contributed by atoms with E-state index in [1.165, 1.54) is 4.31 Å². The van der Waals surface area contributed by atoms with Crippen LogP contribution >= 0.6 is 15.9 Å². The molecule has 0 aliphatic carbocycles. The summed E-state index contributed by atoms with van der Waals surface area (Å²) < 4.78 is 26.9. The molecule has 0 radical (unpaired) electrons. The fourth-order valence-electron chi connectivity index (χ4n) is 3.52. The van der Waals surface area contributed by atoms with Gasteiger partial charge in [-0.1, -0.05) is 40.2 Å². The van der Waals surface area contributed by atoms with Gasteiger partial charge in [0.25, 0.3) is 0 Å². The van der Waals surface area contributed by atoms with Crippen molar-refractivity contribution < 1.29 is 18.0 Å². The highest BCUT2D eigenvalue weighted by Crippen LogP contribution is 2.21. The molecule has 1 atom stereocenters. The second-order valence-corrected chi connectivity index (χ2v) is 10.8. The predicted molar refractivity (Wildman–Crippen MR) is 135 cm³/mol. The summed E-state index contributed by atoms with van der Waals surface area (Å²) in [6.45, 7) is 6.36. The molecule has 0 spiro atoms. The van der Waals surface area contributed by atoms with Gasteiger partial charge in [-0.05, 0) is 62.6 Å². The molecule has 0 saturated carbocycles. The SMILES string of the molecule is CCNC(=O)[C@H](C)N(Cc1cccc(Br)c1)C(=O)CCCN(c1cccc(C)c1)S(C)(=O)=O.